The Kier molecular flexibility index (Phi) is 5.47. The molecule has 0 spiro atoms. The van der Waals surface area contributed by atoms with E-state index in [1.54, 1.807) is 0 Å². The molecule has 20 heavy (non-hydrogen) atoms. The molecule has 0 aliphatic rings. The summed E-state index contributed by atoms with van der Waals surface area (Å²) in [4.78, 5) is 0. The maximum absolute atomic E-state index is 6.10. The highest BCUT2D eigenvalue weighted by molar-refractivity contribution is 6.42. The fraction of sp³-hybridized carbons (Fsp3) is 0.294. The molecule has 3 heteroatoms. The number of halogens is 2. The van der Waals surface area contributed by atoms with Crippen molar-refractivity contribution in [3.8, 4) is 0 Å². The number of nitrogens with one attached hydrogen (secondary N) is 1. The van der Waals surface area contributed by atoms with Gasteiger partial charge in [-0.25, -0.2) is 0 Å². The number of benzene rings is 2. The van der Waals surface area contributed by atoms with Crippen molar-refractivity contribution in [2.45, 2.75) is 32.9 Å². The van der Waals surface area contributed by atoms with Gasteiger partial charge in [0.1, 0.15) is 0 Å². The monoisotopic (exact) mass is 307 g/mol. The second-order valence-electron chi connectivity index (χ2n) is 4.94. The number of rotatable bonds is 5. The summed E-state index contributed by atoms with van der Waals surface area (Å²) in [5.74, 6) is 0. The second-order valence-corrected chi connectivity index (χ2v) is 5.76. The second kappa shape index (κ2) is 7.12. The van der Waals surface area contributed by atoms with Crippen LogP contribution in [0.25, 0.3) is 0 Å². The summed E-state index contributed by atoms with van der Waals surface area (Å²) < 4.78 is 0. The maximum atomic E-state index is 6.10. The Balaban J connectivity index is 2.09. The van der Waals surface area contributed by atoms with Crippen molar-refractivity contribution < 1.29 is 0 Å². The van der Waals surface area contributed by atoms with Crippen molar-refractivity contribution in [2.75, 3.05) is 0 Å². The summed E-state index contributed by atoms with van der Waals surface area (Å²) in [5, 5.41) is 4.80. The van der Waals surface area contributed by atoms with Crippen molar-refractivity contribution >= 4 is 23.2 Å². The minimum atomic E-state index is 0.282. The predicted octanol–water partition coefficient (Wildman–Crippen LogP) is 5.54. The van der Waals surface area contributed by atoms with Crippen molar-refractivity contribution in [1.29, 1.82) is 0 Å². The van der Waals surface area contributed by atoms with Crippen LogP contribution in [0, 0.1) is 6.92 Å². The van der Waals surface area contributed by atoms with E-state index >= 15 is 0 Å². The molecule has 0 amide bonds. The molecule has 0 bridgehead atoms. The van der Waals surface area contributed by atoms with E-state index in [0.29, 0.717) is 10.0 Å². The van der Waals surface area contributed by atoms with Crippen LogP contribution in [0.2, 0.25) is 10.0 Å². The average Bonchev–Trinajstić information content (AvgIpc) is 2.45. The quantitative estimate of drug-likeness (QED) is 0.764. The lowest BCUT2D eigenvalue weighted by Gasteiger charge is -2.19. The molecule has 0 aliphatic heterocycles. The molecular weight excluding hydrogens is 289 g/mol. The molecule has 0 saturated carbocycles. The summed E-state index contributed by atoms with van der Waals surface area (Å²) in [6, 6.07) is 14.6. The van der Waals surface area contributed by atoms with Crippen LogP contribution in [-0.4, -0.2) is 0 Å². The summed E-state index contributed by atoms with van der Waals surface area (Å²) in [6.45, 7) is 5.15. The fourth-order valence-electron chi connectivity index (χ4n) is 2.27. The topological polar surface area (TPSA) is 12.0 Å². The number of hydrogen-bond acceptors (Lipinski definition) is 1. The van der Waals surface area contributed by atoms with Crippen LogP contribution in [0.4, 0.5) is 0 Å². The largest absolute Gasteiger partial charge is 0.306 e. The van der Waals surface area contributed by atoms with Crippen molar-refractivity contribution in [1.82, 2.24) is 5.32 Å². The summed E-state index contributed by atoms with van der Waals surface area (Å²) in [6.07, 6.45) is 1.00. The van der Waals surface area contributed by atoms with Gasteiger partial charge in [-0.3, -0.25) is 0 Å². The Morgan fingerprint density at radius 3 is 2.45 bits per heavy atom. The lowest BCUT2D eigenvalue weighted by atomic mass is 10.0. The first-order chi connectivity index (χ1) is 9.61. The third kappa shape index (κ3) is 3.76. The molecule has 2 rings (SSSR count). The first-order valence-electron chi connectivity index (χ1n) is 6.84. The van der Waals surface area contributed by atoms with E-state index in [1.165, 1.54) is 16.7 Å². The highest BCUT2D eigenvalue weighted by Crippen LogP contribution is 2.27. The number of hydrogen-bond donors (Lipinski definition) is 1. The minimum Gasteiger partial charge on any atom is -0.306 e. The van der Waals surface area contributed by atoms with Gasteiger partial charge in [-0.2, -0.15) is 0 Å². The van der Waals surface area contributed by atoms with Gasteiger partial charge in [0.25, 0.3) is 0 Å². The molecule has 1 atom stereocenters. The summed E-state index contributed by atoms with van der Waals surface area (Å²) in [5.41, 5.74) is 3.81. The molecule has 0 radical (unpaired) electrons. The normalized spacial score (nSPS) is 12.4. The van der Waals surface area contributed by atoms with Gasteiger partial charge in [-0.1, -0.05) is 60.5 Å². The SMILES string of the molecule is CCC(NCc1ccccc1C)c1ccc(Cl)c(Cl)c1. The molecule has 1 nitrogen and oxygen atoms in total. The van der Waals surface area contributed by atoms with Crippen LogP contribution < -0.4 is 5.32 Å². The van der Waals surface area contributed by atoms with E-state index in [-0.39, 0.29) is 6.04 Å². The van der Waals surface area contributed by atoms with Crippen LogP contribution >= 0.6 is 23.2 Å². The Labute approximate surface area is 130 Å². The molecular formula is C17H19Cl2N. The molecule has 0 heterocycles. The predicted molar refractivity (Wildman–Crippen MR) is 87.5 cm³/mol. The Hall–Kier alpha value is -1.02. The Bertz CT molecular complexity index is 581. The lowest BCUT2D eigenvalue weighted by molar-refractivity contribution is 0.518. The highest BCUT2D eigenvalue weighted by Gasteiger charge is 2.11. The molecule has 0 saturated heterocycles. The van der Waals surface area contributed by atoms with Crippen molar-refractivity contribution in [2.24, 2.45) is 0 Å². The molecule has 2 aromatic rings. The van der Waals surface area contributed by atoms with Gasteiger partial charge in [-0.15, -0.1) is 0 Å². The van der Waals surface area contributed by atoms with Crippen molar-refractivity contribution in [3.63, 3.8) is 0 Å². The minimum absolute atomic E-state index is 0.282. The summed E-state index contributed by atoms with van der Waals surface area (Å²) >= 11 is 12.1. The van der Waals surface area contributed by atoms with Crippen molar-refractivity contribution in [3.05, 3.63) is 69.2 Å². The van der Waals surface area contributed by atoms with Gasteiger partial charge >= 0.3 is 0 Å². The smallest absolute Gasteiger partial charge is 0.0595 e. The van der Waals surface area contributed by atoms with Crippen LogP contribution in [0.5, 0.6) is 0 Å². The third-order valence-electron chi connectivity index (χ3n) is 3.55. The van der Waals surface area contributed by atoms with Crippen LogP contribution in [0.3, 0.4) is 0 Å². The molecule has 106 valence electrons. The molecule has 0 aromatic heterocycles. The molecule has 2 aromatic carbocycles. The fourth-order valence-corrected chi connectivity index (χ4v) is 2.58. The van der Waals surface area contributed by atoms with Gasteiger partial charge in [0.05, 0.1) is 10.0 Å². The van der Waals surface area contributed by atoms with E-state index in [2.05, 4.69) is 43.4 Å². The van der Waals surface area contributed by atoms with E-state index in [9.17, 15) is 0 Å². The maximum Gasteiger partial charge on any atom is 0.0595 e. The van der Waals surface area contributed by atoms with Crippen LogP contribution in [0.1, 0.15) is 36.1 Å². The van der Waals surface area contributed by atoms with E-state index in [0.717, 1.165) is 13.0 Å². The molecule has 1 N–H and O–H groups in total. The zero-order valence-corrected chi connectivity index (χ0v) is 13.3. The zero-order chi connectivity index (χ0) is 14.5. The average molecular weight is 308 g/mol. The van der Waals surface area contributed by atoms with Gasteiger partial charge in [-0.05, 0) is 42.2 Å². The lowest BCUT2D eigenvalue weighted by Crippen LogP contribution is -2.20. The summed E-state index contributed by atoms with van der Waals surface area (Å²) in [7, 11) is 0. The Morgan fingerprint density at radius 2 is 1.80 bits per heavy atom. The van der Waals surface area contributed by atoms with Gasteiger partial charge < -0.3 is 5.32 Å². The van der Waals surface area contributed by atoms with Crippen LogP contribution in [-0.2, 0) is 6.54 Å². The standard InChI is InChI=1S/C17H19Cl2N/c1-3-17(13-8-9-15(18)16(19)10-13)20-11-14-7-5-4-6-12(14)2/h4-10,17,20H,3,11H2,1-2H3. The van der Waals surface area contributed by atoms with E-state index in [4.69, 9.17) is 23.2 Å². The zero-order valence-electron chi connectivity index (χ0n) is 11.8. The molecule has 0 fully saturated rings. The van der Waals surface area contributed by atoms with Gasteiger partial charge in [0.2, 0.25) is 0 Å². The van der Waals surface area contributed by atoms with E-state index < -0.39 is 0 Å². The first-order valence-corrected chi connectivity index (χ1v) is 7.60. The number of aryl methyl sites for hydroxylation is 1. The molecule has 1 unspecified atom stereocenters. The van der Waals surface area contributed by atoms with Gasteiger partial charge in [0, 0.05) is 12.6 Å². The highest BCUT2D eigenvalue weighted by atomic mass is 35.5. The Morgan fingerprint density at radius 1 is 1.05 bits per heavy atom. The first kappa shape index (κ1) is 15.4. The van der Waals surface area contributed by atoms with Crippen LogP contribution in [0.15, 0.2) is 42.5 Å². The molecule has 0 aliphatic carbocycles. The van der Waals surface area contributed by atoms with Gasteiger partial charge in [0.15, 0.2) is 0 Å². The van der Waals surface area contributed by atoms with E-state index in [1.807, 2.05) is 18.2 Å². The third-order valence-corrected chi connectivity index (χ3v) is 4.29.